The molecule has 1 heterocycles. The quantitative estimate of drug-likeness (QED) is 0.282. The van der Waals surface area contributed by atoms with E-state index in [9.17, 15) is 9.59 Å². The average molecular weight is 417 g/mol. The fourth-order valence-corrected chi connectivity index (χ4v) is 2.78. The van der Waals surface area contributed by atoms with Crippen LogP contribution in [0.4, 0.5) is 5.69 Å². The molecule has 7 nitrogen and oxygen atoms in total. The second-order valence-electron chi connectivity index (χ2n) is 6.90. The lowest BCUT2D eigenvalue weighted by molar-refractivity contribution is 0.0943. The van der Waals surface area contributed by atoms with E-state index in [1.54, 1.807) is 36.4 Å². The van der Waals surface area contributed by atoms with Crippen LogP contribution in [0.2, 0.25) is 0 Å². The van der Waals surface area contributed by atoms with Crippen molar-refractivity contribution >= 4 is 34.8 Å². The second-order valence-corrected chi connectivity index (χ2v) is 7.31. The number of hydrogen-bond donors (Lipinski definition) is 4. The van der Waals surface area contributed by atoms with Gasteiger partial charge in [-0.25, -0.2) is 0 Å². The Labute approximate surface area is 176 Å². The van der Waals surface area contributed by atoms with Crippen LogP contribution in [0.5, 0.6) is 0 Å². The third-order valence-corrected chi connectivity index (χ3v) is 4.60. The van der Waals surface area contributed by atoms with E-state index in [1.165, 1.54) is 25.5 Å². The molecule has 0 fully saturated rings. The van der Waals surface area contributed by atoms with Crippen LogP contribution in [-0.4, -0.2) is 23.5 Å². The molecule has 1 aromatic heterocycles. The Morgan fingerprint density at radius 1 is 1.07 bits per heavy atom. The van der Waals surface area contributed by atoms with Crippen molar-refractivity contribution in [2.45, 2.75) is 39.5 Å². The average Bonchev–Trinajstić information content (AvgIpc) is 3.26. The highest BCUT2D eigenvalue weighted by Crippen LogP contribution is 2.12. The lowest BCUT2D eigenvalue weighted by atomic mass is 10.0. The summed E-state index contributed by atoms with van der Waals surface area (Å²) in [6, 6.07) is 9.73. The minimum absolute atomic E-state index is 0.219. The molecule has 2 amide bonds. The first-order valence-corrected chi connectivity index (χ1v) is 10.2. The zero-order valence-electron chi connectivity index (χ0n) is 16.8. The van der Waals surface area contributed by atoms with Gasteiger partial charge in [0.25, 0.3) is 11.8 Å². The van der Waals surface area contributed by atoms with Crippen molar-refractivity contribution in [2.24, 2.45) is 5.92 Å². The van der Waals surface area contributed by atoms with Gasteiger partial charge in [0.15, 0.2) is 10.9 Å². The molecule has 29 heavy (non-hydrogen) atoms. The van der Waals surface area contributed by atoms with Gasteiger partial charge in [0.1, 0.15) is 0 Å². The van der Waals surface area contributed by atoms with Crippen LogP contribution < -0.4 is 21.5 Å². The van der Waals surface area contributed by atoms with Crippen molar-refractivity contribution in [3.63, 3.8) is 0 Å². The Morgan fingerprint density at radius 3 is 2.48 bits per heavy atom. The van der Waals surface area contributed by atoms with Crippen molar-refractivity contribution in [1.82, 2.24) is 16.2 Å². The molecule has 0 aliphatic carbocycles. The molecule has 2 rings (SSSR count). The summed E-state index contributed by atoms with van der Waals surface area (Å²) in [5.41, 5.74) is 6.26. The molecule has 0 bridgehead atoms. The fourth-order valence-electron chi connectivity index (χ4n) is 2.65. The number of amides is 2. The van der Waals surface area contributed by atoms with Crippen LogP contribution in [0.15, 0.2) is 47.1 Å². The van der Waals surface area contributed by atoms with E-state index in [2.05, 4.69) is 35.3 Å². The first-order valence-electron chi connectivity index (χ1n) is 9.78. The van der Waals surface area contributed by atoms with Gasteiger partial charge in [-0.15, -0.1) is 0 Å². The summed E-state index contributed by atoms with van der Waals surface area (Å²) in [5.74, 6) is 0.0564. The topological polar surface area (TPSA) is 95.4 Å². The number of rotatable bonds is 9. The summed E-state index contributed by atoms with van der Waals surface area (Å²) in [7, 11) is 0. The van der Waals surface area contributed by atoms with Crippen LogP contribution in [-0.2, 0) is 0 Å². The number of hydrogen-bond acceptors (Lipinski definition) is 4. The lowest BCUT2D eigenvalue weighted by Gasteiger charge is -2.15. The van der Waals surface area contributed by atoms with Gasteiger partial charge >= 0.3 is 0 Å². The molecule has 156 valence electrons. The number of furan rings is 1. The van der Waals surface area contributed by atoms with Gasteiger partial charge in [-0.1, -0.05) is 33.1 Å². The maximum atomic E-state index is 12.2. The number of unbranched alkanes of at least 4 members (excludes halogenated alkanes) is 2. The normalized spacial score (nSPS) is 11.4. The summed E-state index contributed by atoms with van der Waals surface area (Å²) in [5, 5.41) is 6.18. The monoisotopic (exact) mass is 416 g/mol. The SMILES string of the molecule is CCCCC[C@@H](C)CNC(=S)NNC(=O)c1ccc(NC(=O)c2ccco2)cc1. The molecular weight excluding hydrogens is 388 g/mol. The molecule has 1 atom stereocenters. The van der Waals surface area contributed by atoms with E-state index in [1.807, 2.05) is 0 Å². The lowest BCUT2D eigenvalue weighted by Crippen LogP contribution is -2.47. The maximum absolute atomic E-state index is 12.2. The van der Waals surface area contributed by atoms with Crippen LogP contribution in [0.3, 0.4) is 0 Å². The standard InChI is InChI=1S/C21H28N4O3S/c1-3-4-5-7-15(2)14-22-21(29)25-24-19(26)16-9-11-17(12-10-16)23-20(27)18-8-6-13-28-18/h6,8-13,15H,3-5,7,14H2,1-2H3,(H,23,27)(H,24,26)(H2,22,25,29)/t15-/m1/s1. The molecule has 0 radical (unpaired) electrons. The Bertz CT molecular complexity index is 791. The van der Waals surface area contributed by atoms with E-state index in [-0.39, 0.29) is 17.6 Å². The molecule has 0 spiro atoms. The molecule has 0 saturated carbocycles. The van der Waals surface area contributed by atoms with Crippen molar-refractivity contribution in [1.29, 1.82) is 0 Å². The highest BCUT2D eigenvalue weighted by Gasteiger charge is 2.10. The van der Waals surface area contributed by atoms with Gasteiger partial charge in [-0.2, -0.15) is 0 Å². The zero-order chi connectivity index (χ0) is 21.1. The highest BCUT2D eigenvalue weighted by molar-refractivity contribution is 7.80. The van der Waals surface area contributed by atoms with Gasteiger partial charge in [0.05, 0.1) is 6.26 Å². The van der Waals surface area contributed by atoms with Gasteiger partial charge in [-0.3, -0.25) is 20.4 Å². The van der Waals surface area contributed by atoms with E-state index >= 15 is 0 Å². The molecular formula is C21H28N4O3S. The number of carbonyl (C=O) groups excluding carboxylic acids is 2. The third-order valence-electron chi connectivity index (χ3n) is 4.35. The number of thiocarbonyl (C=S) groups is 1. The molecule has 0 unspecified atom stereocenters. The van der Waals surface area contributed by atoms with Crippen molar-refractivity contribution in [3.8, 4) is 0 Å². The molecule has 0 aliphatic heterocycles. The highest BCUT2D eigenvalue weighted by atomic mass is 32.1. The first kappa shape index (κ1) is 22.4. The van der Waals surface area contributed by atoms with Crippen molar-refractivity contribution in [2.75, 3.05) is 11.9 Å². The maximum Gasteiger partial charge on any atom is 0.291 e. The number of benzene rings is 1. The first-order chi connectivity index (χ1) is 14.0. The van der Waals surface area contributed by atoms with Crippen LogP contribution in [0, 0.1) is 5.92 Å². The molecule has 4 N–H and O–H groups in total. The summed E-state index contributed by atoms with van der Waals surface area (Å²) in [6.07, 6.45) is 6.26. The van der Waals surface area contributed by atoms with Crippen LogP contribution in [0.25, 0.3) is 0 Å². The van der Waals surface area contributed by atoms with Crippen LogP contribution in [0.1, 0.15) is 60.4 Å². The van der Waals surface area contributed by atoms with Crippen molar-refractivity contribution < 1.29 is 14.0 Å². The molecule has 2 aromatic rings. The van der Waals surface area contributed by atoms with Crippen LogP contribution >= 0.6 is 12.2 Å². The Balaban J connectivity index is 1.72. The van der Waals surface area contributed by atoms with Gasteiger partial charge in [0.2, 0.25) is 0 Å². The summed E-state index contributed by atoms with van der Waals surface area (Å²) in [4.78, 5) is 24.2. The largest absolute Gasteiger partial charge is 0.459 e. The van der Waals surface area contributed by atoms with Crippen molar-refractivity contribution in [3.05, 3.63) is 54.0 Å². The molecule has 8 heteroatoms. The van der Waals surface area contributed by atoms with Gasteiger partial charge in [0, 0.05) is 17.8 Å². The van der Waals surface area contributed by atoms with E-state index in [0.29, 0.717) is 22.3 Å². The van der Waals surface area contributed by atoms with E-state index in [0.717, 1.165) is 13.0 Å². The minimum Gasteiger partial charge on any atom is -0.459 e. The Morgan fingerprint density at radius 2 is 1.83 bits per heavy atom. The Kier molecular flexibility index (Phi) is 9.17. The zero-order valence-corrected chi connectivity index (χ0v) is 17.6. The summed E-state index contributed by atoms with van der Waals surface area (Å²) < 4.78 is 5.04. The summed E-state index contributed by atoms with van der Waals surface area (Å²) in [6.45, 7) is 5.13. The molecule has 0 aliphatic rings. The minimum atomic E-state index is -0.353. The second kappa shape index (κ2) is 11.9. The smallest absolute Gasteiger partial charge is 0.291 e. The predicted octanol–water partition coefficient (Wildman–Crippen LogP) is 3.86. The number of anilines is 1. The number of carbonyl (C=O) groups is 2. The van der Waals surface area contributed by atoms with Gasteiger partial charge < -0.3 is 15.1 Å². The summed E-state index contributed by atoms with van der Waals surface area (Å²) >= 11 is 5.19. The van der Waals surface area contributed by atoms with E-state index in [4.69, 9.17) is 16.6 Å². The number of hydrazine groups is 1. The molecule has 1 aromatic carbocycles. The van der Waals surface area contributed by atoms with E-state index < -0.39 is 0 Å². The fraction of sp³-hybridized carbons (Fsp3) is 0.381. The number of nitrogens with one attached hydrogen (secondary N) is 4. The van der Waals surface area contributed by atoms with Gasteiger partial charge in [-0.05, 0) is 61.0 Å². The Hall–Kier alpha value is -2.87. The third kappa shape index (κ3) is 7.95. The molecule has 0 saturated heterocycles. The predicted molar refractivity (Wildman–Crippen MR) is 118 cm³/mol.